The van der Waals surface area contributed by atoms with Gasteiger partial charge in [-0.3, -0.25) is 5.41 Å². The first-order valence-electron chi connectivity index (χ1n) is 6.71. The van der Waals surface area contributed by atoms with Gasteiger partial charge in [0.1, 0.15) is 17.3 Å². The van der Waals surface area contributed by atoms with Crippen molar-refractivity contribution in [3.63, 3.8) is 0 Å². The molecule has 0 aliphatic heterocycles. The van der Waals surface area contributed by atoms with Crippen LogP contribution in [0.15, 0.2) is 42.5 Å². The van der Waals surface area contributed by atoms with Gasteiger partial charge in [-0.05, 0) is 48.2 Å². The highest BCUT2D eigenvalue weighted by molar-refractivity contribution is 5.97. The molecule has 3 nitrogen and oxygen atoms in total. The molecule has 0 heterocycles. The second-order valence-corrected chi connectivity index (χ2v) is 5.18. The van der Waals surface area contributed by atoms with Crippen LogP contribution in [0, 0.1) is 12.3 Å². The number of para-hydroxylation sites is 1. The zero-order chi connectivity index (χ0) is 14.7. The average molecular weight is 268 g/mol. The molecule has 2 rings (SSSR count). The number of aryl methyl sites for hydroxylation is 1. The Balaban J connectivity index is 2.31. The predicted molar refractivity (Wildman–Crippen MR) is 82.8 cm³/mol. The van der Waals surface area contributed by atoms with E-state index in [1.165, 1.54) is 11.1 Å². The van der Waals surface area contributed by atoms with E-state index in [-0.39, 0.29) is 5.84 Å². The lowest BCUT2D eigenvalue weighted by Gasteiger charge is -2.14. The van der Waals surface area contributed by atoms with E-state index in [9.17, 15) is 0 Å². The Morgan fingerprint density at radius 3 is 2.45 bits per heavy atom. The predicted octanol–water partition coefficient (Wildman–Crippen LogP) is 4.19. The Morgan fingerprint density at radius 1 is 1.15 bits per heavy atom. The van der Waals surface area contributed by atoms with Crippen LogP contribution < -0.4 is 10.5 Å². The molecule has 3 heteroatoms. The summed E-state index contributed by atoms with van der Waals surface area (Å²) in [5.74, 6) is 1.88. The van der Waals surface area contributed by atoms with E-state index in [1.54, 1.807) is 6.07 Å². The zero-order valence-electron chi connectivity index (χ0n) is 12.1. The fourth-order valence-corrected chi connectivity index (χ4v) is 2.26. The first-order valence-corrected chi connectivity index (χ1v) is 6.71. The highest BCUT2D eigenvalue weighted by atomic mass is 16.5. The van der Waals surface area contributed by atoms with Crippen LogP contribution in [0.2, 0.25) is 0 Å². The highest BCUT2D eigenvalue weighted by Crippen LogP contribution is 2.28. The summed E-state index contributed by atoms with van der Waals surface area (Å²) in [4.78, 5) is 0. The van der Waals surface area contributed by atoms with Gasteiger partial charge in [0.25, 0.3) is 0 Å². The van der Waals surface area contributed by atoms with Crippen LogP contribution in [-0.2, 0) is 0 Å². The van der Waals surface area contributed by atoms with E-state index in [2.05, 4.69) is 26.8 Å². The quantitative estimate of drug-likeness (QED) is 0.645. The van der Waals surface area contributed by atoms with Crippen LogP contribution in [0.5, 0.6) is 11.5 Å². The monoisotopic (exact) mass is 268 g/mol. The maximum absolute atomic E-state index is 7.57. The molecular formula is C17H20N2O. The Kier molecular flexibility index (Phi) is 4.08. The van der Waals surface area contributed by atoms with Crippen molar-refractivity contribution in [2.24, 2.45) is 5.73 Å². The molecule has 0 aliphatic rings. The molecular weight excluding hydrogens is 248 g/mol. The molecule has 0 bridgehead atoms. The van der Waals surface area contributed by atoms with Crippen LogP contribution in [0.25, 0.3) is 0 Å². The first-order chi connectivity index (χ1) is 9.49. The van der Waals surface area contributed by atoms with Gasteiger partial charge in [0.15, 0.2) is 0 Å². The van der Waals surface area contributed by atoms with Gasteiger partial charge in [0, 0.05) is 0 Å². The third-order valence-corrected chi connectivity index (χ3v) is 3.27. The average Bonchev–Trinajstić information content (AvgIpc) is 2.38. The second kappa shape index (κ2) is 5.78. The molecule has 0 aliphatic carbocycles. The second-order valence-electron chi connectivity index (χ2n) is 5.18. The molecule has 0 aromatic heterocycles. The van der Waals surface area contributed by atoms with Gasteiger partial charge >= 0.3 is 0 Å². The van der Waals surface area contributed by atoms with Crippen molar-refractivity contribution in [1.82, 2.24) is 0 Å². The number of benzene rings is 2. The highest BCUT2D eigenvalue weighted by Gasteiger charge is 2.09. The van der Waals surface area contributed by atoms with Crippen molar-refractivity contribution in [1.29, 1.82) is 5.41 Å². The lowest BCUT2D eigenvalue weighted by atomic mass is 9.98. The summed E-state index contributed by atoms with van der Waals surface area (Å²) in [5, 5.41) is 7.57. The number of nitrogens with two attached hydrogens (primary N) is 1. The SMILES string of the molecule is Cc1cc(Oc2ccccc2C(=N)N)ccc1C(C)C. The topological polar surface area (TPSA) is 59.1 Å². The number of nitrogens with one attached hydrogen (secondary N) is 1. The molecule has 2 aromatic rings. The summed E-state index contributed by atoms with van der Waals surface area (Å²) < 4.78 is 5.87. The minimum Gasteiger partial charge on any atom is -0.457 e. The van der Waals surface area contributed by atoms with Gasteiger partial charge in [-0.25, -0.2) is 0 Å². The largest absolute Gasteiger partial charge is 0.457 e. The summed E-state index contributed by atoms with van der Waals surface area (Å²) in [6.45, 7) is 6.43. The van der Waals surface area contributed by atoms with Crippen molar-refractivity contribution in [2.75, 3.05) is 0 Å². The van der Waals surface area contributed by atoms with Crippen molar-refractivity contribution in [3.8, 4) is 11.5 Å². The van der Waals surface area contributed by atoms with Crippen LogP contribution >= 0.6 is 0 Å². The summed E-state index contributed by atoms with van der Waals surface area (Å²) in [6, 6.07) is 13.4. The Bertz CT molecular complexity index is 633. The molecule has 2 aromatic carbocycles. The Morgan fingerprint density at radius 2 is 1.85 bits per heavy atom. The molecule has 104 valence electrons. The first kappa shape index (κ1) is 14.1. The lowest BCUT2D eigenvalue weighted by molar-refractivity contribution is 0.480. The summed E-state index contributed by atoms with van der Waals surface area (Å²) in [6.07, 6.45) is 0. The smallest absolute Gasteiger partial charge is 0.138 e. The summed E-state index contributed by atoms with van der Waals surface area (Å²) in [7, 11) is 0. The molecule has 0 radical (unpaired) electrons. The van der Waals surface area contributed by atoms with Crippen molar-refractivity contribution in [2.45, 2.75) is 26.7 Å². The molecule has 0 atom stereocenters. The molecule has 3 N–H and O–H groups in total. The molecule has 0 saturated heterocycles. The Labute approximate surface area is 119 Å². The number of hydrogen-bond acceptors (Lipinski definition) is 2. The van der Waals surface area contributed by atoms with Crippen LogP contribution in [0.3, 0.4) is 0 Å². The van der Waals surface area contributed by atoms with E-state index in [1.807, 2.05) is 30.3 Å². The molecule has 20 heavy (non-hydrogen) atoms. The van der Waals surface area contributed by atoms with Gasteiger partial charge in [0.2, 0.25) is 0 Å². The summed E-state index contributed by atoms with van der Waals surface area (Å²) in [5.41, 5.74) is 8.70. The minimum absolute atomic E-state index is 0.0103. The number of nitrogen functional groups attached to an aromatic ring is 1. The maximum Gasteiger partial charge on any atom is 0.138 e. The third kappa shape index (κ3) is 2.99. The van der Waals surface area contributed by atoms with Crippen LogP contribution in [-0.4, -0.2) is 5.84 Å². The number of rotatable bonds is 4. The lowest BCUT2D eigenvalue weighted by Crippen LogP contribution is -2.12. The molecule has 0 amide bonds. The number of ether oxygens (including phenoxy) is 1. The fraction of sp³-hybridized carbons (Fsp3) is 0.235. The Hall–Kier alpha value is -2.29. The molecule has 0 spiro atoms. The summed E-state index contributed by atoms with van der Waals surface area (Å²) >= 11 is 0. The van der Waals surface area contributed by atoms with E-state index in [0.717, 1.165) is 5.75 Å². The maximum atomic E-state index is 7.57. The van der Waals surface area contributed by atoms with Crippen molar-refractivity contribution < 1.29 is 4.74 Å². The molecule has 0 saturated carbocycles. The van der Waals surface area contributed by atoms with Gasteiger partial charge in [-0.15, -0.1) is 0 Å². The van der Waals surface area contributed by atoms with Crippen molar-refractivity contribution in [3.05, 3.63) is 59.2 Å². The van der Waals surface area contributed by atoms with Gasteiger partial charge < -0.3 is 10.5 Å². The van der Waals surface area contributed by atoms with Crippen LogP contribution in [0.4, 0.5) is 0 Å². The molecule has 0 fully saturated rings. The normalized spacial score (nSPS) is 10.6. The van der Waals surface area contributed by atoms with E-state index in [4.69, 9.17) is 15.9 Å². The van der Waals surface area contributed by atoms with Crippen molar-refractivity contribution >= 4 is 5.84 Å². The van der Waals surface area contributed by atoms with E-state index in [0.29, 0.717) is 17.2 Å². The molecule has 0 unspecified atom stereocenters. The number of amidine groups is 1. The van der Waals surface area contributed by atoms with E-state index >= 15 is 0 Å². The van der Waals surface area contributed by atoms with Gasteiger partial charge in [0.05, 0.1) is 5.56 Å². The van der Waals surface area contributed by atoms with Crippen LogP contribution in [0.1, 0.15) is 36.5 Å². The van der Waals surface area contributed by atoms with Gasteiger partial charge in [-0.2, -0.15) is 0 Å². The van der Waals surface area contributed by atoms with Gasteiger partial charge in [-0.1, -0.05) is 32.0 Å². The number of hydrogen-bond donors (Lipinski definition) is 2. The fourth-order valence-electron chi connectivity index (χ4n) is 2.26. The minimum atomic E-state index is 0.0103. The standard InChI is InChI=1S/C17H20N2O/c1-11(2)14-9-8-13(10-12(14)3)20-16-7-5-4-6-15(16)17(18)19/h4-11H,1-3H3,(H3,18,19). The zero-order valence-corrected chi connectivity index (χ0v) is 12.1. The third-order valence-electron chi connectivity index (χ3n) is 3.27. The van der Waals surface area contributed by atoms with E-state index < -0.39 is 0 Å².